The van der Waals surface area contributed by atoms with Crippen molar-refractivity contribution in [2.45, 2.75) is 17.7 Å². The Morgan fingerprint density at radius 3 is 2.65 bits per heavy atom. The first kappa shape index (κ1) is 23.7. The lowest BCUT2D eigenvalue weighted by Gasteiger charge is -2.22. The highest BCUT2D eigenvalue weighted by molar-refractivity contribution is 8.01. The van der Waals surface area contributed by atoms with Crippen LogP contribution in [-0.2, 0) is 11.2 Å². The molecule has 0 saturated carbocycles. The van der Waals surface area contributed by atoms with Crippen LogP contribution in [0.5, 0.6) is 5.75 Å². The maximum atomic E-state index is 13.3. The highest BCUT2D eigenvalue weighted by atomic mass is 32.2. The summed E-state index contributed by atoms with van der Waals surface area (Å²) in [5.41, 5.74) is 2.13. The Kier molecular flexibility index (Phi) is 7.76. The zero-order valence-electron chi connectivity index (χ0n) is 18.5. The molecule has 0 aliphatic rings. The molecule has 174 valence electrons. The van der Waals surface area contributed by atoms with Crippen LogP contribution in [0, 0.1) is 10.1 Å². The topological polar surface area (TPSA) is 85.6 Å². The standard InChI is InChI=1S/C25H23N3O4S2/c1-2-32-19-12-13-20-23(16-19)34-25(26-20)33-17-24(29)27(15-14-18-8-4-3-5-9-18)21-10-6-7-11-22(21)28(30)31/h3-13,16H,2,14-15,17H2,1H3. The molecule has 0 radical (unpaired) electrons. The van der Waals surface area contributed by atoms with Gasteiger partial charge in [0, 0.05) is 12.6 Å². The van der Waals surface area contributed by atoms with Crippen LogP contribution >= 0.6 is 23.1 Å². The Hall–Kier alpha value is -3.43. The van der Waals surface area contributed by atoms with Crippen LogP contribution in [0.2, 0.25) is 0 Å². The number of aromatic nitrogens is 1. The third kappa shape index (κ3) is 5.73. The minimum atomic E-state index is -0.450. The number of ether oxygens (including phenoxy) is 1. The fourth-order valence-electron chi connectivity index (χ4n) is 3.52. The summed E-state index contributed by atoms with van der Waals surface area (Å²) in [5, 5.41) is 11.6. The molecule has 0 unspecified atom stereocenters. The second kappa shape index (κ2) is 11.1. The molecule has 4 rings (SSSR count). The van der Waals surface area contributed by atoms with Gasteiger partial charge in [-0.15, -0.1) is 11.3 Å². The van der Waals surface area contributed by atoms with Gasteiger partial charge in [0.25, 0.3) is 5.69 Å². The summed E-state index contributed by atoms with van der Waals surface area (Å²) < 4.78 is 7.30. The quantitative estimate of drug-likeness (QED) is 0.154. The number of hydrogen-bond donors (Lipinski definition) is 0. The van der Waals surface area contributed by atoms with E-state index in [1.807, 2.05) is 55.5 Å². The fourth-order valence-corrected chi connectivity index (χ4v) is 5.49. The molecule has 4 aromatic rings. The number of thiazole rings is 1. The molecule has 1 aromatic heterocycles. The molecule has 0 aliphatic carbocycles. The van der Waals surface area contributed by atoms with Gasteiger partial charge in [-0.05, 0) is 43.2 Å². The van der Waals surface area contributed by atoms with Gasteiger partial charge in [-0.2, -0.15) is 0 Å². The molecular weight excluding hydrogens is 470 g/mol. The summed E-state index contributed by atoms with van der Waals surface area (Å²) in [6.45, 7) is 2.86. The smallest absolute Gasteiger partial charge is 0.292 e. The first-order chi connectivity index (χ1) is 16.5. The molecule has 3 aromatic carbocycles. The van der Waals surface area contributed by atoms with Crippen LogP contribution in [0.1, 0.15) is 12.5 Å². The molecule has 1 heterocycles. The number of rotatable bonds is 10. The molecule has 0 bridgehead atoms. The third-order valence-corrected chi connectivity index (χ3v) is 7.25. The number of nitrogens with zero attached hydrogens (tertiary/aromatic N) is 3. The van der Waals surface area contributed by atoms with Crippen molar-refractivity contribution in [1.82, 2.24) is 4.98 Å². The van der Waals surface area contributed by atoms with Crippen molar-refractivity contribution in [2.75, 3.05) is 23.8 Å². The Morgan fingerprint density at radius 1 is 1.12 bits per heavy atom. The van der Waals surface area contributed by atoms with E-state index in [4.69, 9.17) is 4.74 Å². The lowest BCUT2D eigenvalue weighted by molar-refractivity contribution is -0.384. The first-order valence-corrected chi connectivity index (χ1v) is 12.6. The van der Waals surface area contributed by atoms with Crippen molar-refractivity contribution in [1.29, 1.82) is 0 Å². The van der Waals surface area contributed by atoms with Gasteiger partial charge in [0.1, 0.15) is 11.4 Å². The van der Waals surface area contributed by atoms with E-state index in [9.17, 15) is 14.9 Å². The van der Waals surface area contributed by atoms with Crippen molar-refractivity contribution < 1.29 is 14.5 Å². The molecule has 7 nitrogen and oxygen atoms in total. The van der Waals surface area contributed by atoms with Crippen LogP contribution < -0.4 is 9.64 Å². The lowest BCUT2D eigenvalue weighted by Crippen LogP contribution is -2.34. The summed E-state index contributed by atoms with van der Waals surface area (Å²) in [6.07, 6.45) is 0.588. The van der Waals surface area contributed by atoms with Gasteiger partial charge in [-0.25, -0.2) is 4.98 Å². The van der Waals surface area contributed by atoms with E-state index in [2.05, 4.69) is 4.98 Å². The number of carbonyl (C=O) groups is 1. The number of nitro benzene ring substituents is 1. The van der Waals surface area contributed by atoms with E-state index in [0.29, 0.717) is 25.3 Å². The molecule has 0 N–H and O–H groups in total. The van der Waals surface area contributed by atoms with Gasteiger partial charge in [0.15, 0.2) is 4.34 Å². The van der Waals surface area contributed by atoms with Crippen LogP contribution in [0.3, 0.4) is 0 Å². The van der Waals surface area contributed by atoms with E-state index >= 15 is 0 Å². The predicted molar refractivity (Wildman–Crippen MR) is 137 cm³/mol. The third-order valence-electron chi connectivity index (χ3n) is 5.11. The highest BCUT2D eigenvalue weighted by Crippen LogP contribution is 2.33. The molecule has 0 atom stereocenters. The SMILES string of the molecule is CCOc1ccc2nc(SCC(=O)N(CCc3ccccc3)c3ccccc3[N+](=O)[O-])sc2c1. The molecule has 34 heavy (non-hydrogen) atoms. The molecule has 1 amide bonds. The number of carbonyl (C=O) groups excluding carboxylic acids is 1. The zero-order valence-corrected chi connectivity index (χ0v) is 20.2. The van der Waals surface area contributed by atoms with E-state index in [-0.39, 0.29) is 17.3 Å². The van der Waals surface area contributed by atoms with E-state index in [1.54, 1.807) is 18.2 Å². The number of para-hydroxylation sites is 2. The van der Waals surface area contributed by atoms with E-state index in [1.165, 1.54) is 34.1 Å². The second-order valence-corrected chi connectivity index (χ2v) is 9.61. The molecule has 0 spiro atoms. The Labute approximate surface area is 205 Å². The Balaban J connectivity index is 1.53. The van der Waals surface area contributed by atoms with Gasteiger partial charge in [-0.3, -0.25) is 14.9 Å². The average Bonchev–Trinajstić information content (AvgIpc) is 3.26. The number of fused-ring (bicyclic) bond motifs is 1. The van der Waals surface area contributed by atoms with Gasteiger partial charge < -0.3 is 9.64 Å². The number of nitro groups is 1. The normalized spacial score (nSPS) is 10.9. The fraction of sp³-hybridized carbons (Fsp3) is 0.200. The van der Waals surface area contributed by atoms with Crippen molar-refractivity contribution in [3.63, 3.8) is 0 Å². The van der Waals surface area contributed by atoms with Crippen molar-refractivity contribution in [3.8, 4) is 5.75 Å². The first-order valence-electron chi connectivity index (χ1n) is 10.8. The van der Waals surface area contributed by atoms with Crippen molar-refractivity contribution in [3.05, 3.63) is 88.5 Å². The predicted octanol–water partition coefficient (Wildman–Crippen LogP) is 5.97. The summed E-state index contributed by atoms with van der Waals surface area (Å²) >= 11 is 2.84. The summed E-state index contributed by atoms with van der Waals surface area (Å²) in [6, 6.07) is 21.9. The van der Waals surface area contributed by atoms with Gasteiger partial charge in [0.05, 0.1) is 27.5 Å². The summed E-state index contributed by atoms with van der Waals surface area (Å²) in [7, 11) is 0. The van der Waals surface area contributed by atoms with E-state index in [0.717, 1.165) is 25.9 Å². The Morgan fingerprint density at radius 2 is 1.88 bits per heavy atom. The lowest BCUT2D eigenvalue weighted by atomic mass is 10.1. The largest absolute Gasteiger partial charge is 0.494 e. The molecule has 0 aliphatic heterocycles. The van der Waals surface area contributed by atoms with Crippen LogP contribution in [0.4, 0.5) is 11.4 Å². The molecular formula is C25H23N3O4S2. The second-order valence-electron chi connectivity index (χ2n) is 7.36. The van der Waals surface area contributed by atoms with Crippen LogP contribution in [0.15, 0.2) is 77.1 Å². The monoisotopic (exact) mass is 493 g/mol. The average molecular weight is 494 g/mol. The molecule has 0 fully saturated rings. The zero-order chi connectivity index (χ0) is 23.9. The number of benzene rings is 3. The van der Waals surface area contributed by atoms with Gasteiger partial charge in [-0.1, -0.05) is 54.2 Å². The molecule has 0 saturated heterocycles. The minimum Gasteiger partial charge on any atom is -0.494 e. The van der Waals surface area contributed by atoms with Crippen molar-refractivity contribution >= 4 is 50.6 Å². The van der Waals surface area contributed by atoms with Gasteiger partial charge in [0.2, 0.25) is 5.91 Å². The van der Waals surface area contributed by atoms with Crippen LogP contribution in [-0.4, -0.2) is 34.7 Å². The van der Waals surface area contributed by atoms with Gasteiger partial charge >= 0.3 is 0 Å². The summed E-state index contributed by atoms with van der Waals surface area (Å²) in [5.74, 6) is 0.707. The minimum absolute atomic E-state index is 0.0858. The number of thioether (sulfide) groups is 1. The highest BCUT2D eigenvalue weighted by Gasteiger charge is 2.24. The maximum Gasteiger partial charge on any atom is 0.292 e. The number of anilines is 1. The Bertz CT molecular complexity index is 1290. The van der Waals surface area contributed by atoms with Crippen LogP contribution in [0.25, 0.3) is 10.2 Å². The maximum absolute atomic E-state index is 13.3. The summed E-state index contributed by atoms with van der Waals surface area (Å²) in [4.78, 5) is 30.6. The van der Waals surface area contributed by atoms with Crippen molar-refractivity contribution in [2.24, 2.45) is 0 Å². The number of amides is 1. The molecule has 9 heteroatoms. The van der Waals surface area contributed by atoms with E-state index < -0.39 is 4.92 Å². The number of hydrogen-bond acceptors (Lipinski definition) is 7.